The number of carbonyl (C=O) groups excluding carboxylic acids is 2. The summed E-state index contributed by atoms with van der Waals surface area (Å²) in [6.45, 7) is -0.491. The third-order valence-corrected chi connectivity index (χ3v) is 3.12. The molecule has 0 heterocycles. The minimum absolute atomic E-state index is 0.0735. The van der Waals surface area contributed by atoms with Crippen LogP contribution in [0.4, 0.5) is 14.5 Å². The Morgan fingerprint density at radius 1 is 1.09 bits per heavy atom. The van der Waals surface area contributed by atoms with Gasteiger partial charge in [0.1, 0.15) is 11.6 Å². The molecule has 0 unspecified atom stereocenters. The lowest BCUT2D eigenvalue weighted by Gasteiger charge is -2.07. The van der Waals surface area contributed by atoms with Crippen LogP contribution in [0.15, 0.2) is 42.5 Å². The minimum Gasteiger partial charge on any atom is -0.455 e. The first-order valence-corrected chi connectivity index (χ1v) is 6.97. The molecule has 0 radical (unpaired) electrons. The van der Waals surface area contributed by atoms with E-state index in [1.54, 1.807) is 0 Å². The first kappa shape index (κ1) is 16.9. The highest BCUT2D eigenvalue weighted by Crippen LogP contribution is 2.19. The molecule has 0 spiro atoms. The molecule has 2 aromatic carbocycles. The van der Waals surface area contributed by atoms with Crippen LogP contribution in [0.5, 0.6) is 0 Å². The molecule has 0 saturated heterocycles. The van der Waals surface area contributed by atoms with Crippen LogP contribution in [0.2, 0.25) is 5.02 Å². The van der Waals surface area contributed by atoms with Crippen LogP contribution in [0.3, 0.4) is 0 Å². The van der Waals surface area contributed by atoms with E-state index in [1.807, 2.05) is 0 Å². The highest BCUT2D eigenvalue weighted by atomic mass is 35.5. The summed E-state index contributed by atoms with van der Waals surface area (Å²) in [7, 11) is 0. The number of esters is 1. The number of hydrogen-bond donors (Lipinski definition) is 1. The fourth-order valence-electron chi connectivity index (χ4n) is 1.74. The van der Waals surface area contributed by atoms with Crippen LogP contribution in [0, 0.1) is 11.6 Å². The van der Waals surface area contributed by atoms with E-state index in [1.165, 1.54) is 36.4 Å². The van der Waals surface area contributed by atoms with Crippen molar-refractivity contribution in [3.8, 4) is 0 Å². The van der Waals surface area contributed by atoms with Gasteiger partial charge in [0, 0.05) is 5.69 Å². The van der Waals surface area contributed by atoms with E-state index >= 15 is 0 Å². The number of carbonyl (C=O) groups is 2. The Bertz CT molecular complexity index is 720. The largest absolute Gasteiger partial charge is 0.455 e. The Morgan fingerprint density at radius 3 is 2.43 bits per heavy atom. The molecule has 0 aliphatic rings. The van der Waals surface area contributed by atoms with Gasteiger partial charge >= 0.3 is 5.97 Å². The topological polar surface area (TPSA) is 55.4 Å². The van der Waals surface area contributed by atoms with Gasteiger partial charge in [-0.2, -0.15) is 0 Å². The van der Waals surface area contributed by atoms with Gasteiger partial charge in [0.25, 0.3) is 5.91 Å². The Morgan fingerprint density at radius 2 is 1.78 bits per heavy atom. The van der Waals surface area contributed by atoms with Gasteiger partial charge in [-0.05, 0) is 35.9 Å². The number of benzene rings is 2. The molecule has 2 rings (SSSR count). The SMILES string of the molecule is O=C(COC(=O)Cc1ccc(F)cc1)Nc1ccc(F)c(Cl)c1. The van der Waals surface area contributed by atoms with Crippen molar-refractivity contribution in [3.05, 3.63) is 64.7 Å². The summed E-state index contributed by atoms with van der Waals surface area (Å²) in [5, 5.41) is 2.29. The van der Waals surface area contributed by atoms with Gasteiger partial charge < -0.3 is 10.1 Å². The van der Waals surface area contributed by atoms with Crippen molar-refractivity contribution in [2.24, 2.45) is 0 Å². The summed E-state index contributed by atoms with van der Waals surface area (Å²) in [6, 6.07) is 9.06. The van der Waals surface area contributed by atoms with Crippen molar-refractivity contribution in [3.63, 3.8) is 0 Å². The number of rotatable bonds is 5. The monoisotopic (exact) mass is 339 g/mol. The Hall–Kier alpha value is -2.47. The molecular formula is C16H12ClF2NO3. The predicted octanol–water partition coefficient (Wildman–Crippen LogP) is 3.34. The van der Waals surface area contributed by atoms with Crippen molar-refractivity contribution < 1.29 is 23.1 Å². The first-order chi connectivity index (χ1) is 10.9. The van der Waals surface area contributed by atoms with Crippen LogP contribution >= 0.6 is 11.6 Å². The third kappa shape index (κ3) is 5.34. The van der Waals surface area contributed by atoms with E-state index in [4.69, 9.17) is 16.3 Å². The smallest absolute Gasteiger partial charge is 0.310 e. The number of amides is 1. The molecule has 1 amide bonds. The van der Waals surface area contributed by atoms with E-state index in [9.17, 15) is 18.4 Å². The first-order valence-electron chi connectivity index (χ1n) is 6.59. The van der Waals surface area contributed by atoms with E-state index in [0.717, 1.165) is 6.07 Å². The Labute approximate surface area is 136 Å². The lowest BCUT2D eigenvalue weighted by molar-refractivity contribution is -0.146. The molecule has 0 aliphatic heterocycles. The molecule has 0 atom stereocenters. The zero-order valence-electron chi connectivity index (χ0n) is 11.8. The van der Waals surface area contributed by atoms with Gasteiger partial charge in [0.15, 0.2) is 6.61 Å². The Kier molecular flexibility index (Phi) is 5.65. The van der Waals surface area contributed by atoms with E-state index in [0.29, 0.717) is 5.56 Å². The Balaban J connectivity index is 1.80. The quantitative estimate of drug-likeness (QED) is 0.850. The zero-order chi connectivity index (χ0) is 16.8. The summed E-state index contributed by atoms with van der Waals surface area (Å²) in [5.41, 5.74) is 0.859. The number of nitrogens with one attached hydrogen (secondary N) is 1. The maximum atomic E-state index is 13.0. The highest BCUT2D eigenvalue weighted by molar-refractivity contribution is 6.31. The second-order valence-electron chi connectivity index (χ2n) is 4.64. The molecule has 0 bridgehead atoms. The number of ether oxygens (including phenoxy) is 1. The summed E-state index contributed by atoms with van der Waals surface area (Å²) in [4.78, 5) is 23.2. The fourth-order valence-corrected chi connectivity index (χ4v) is 1.92. The average molecular weight is 340 g/mol. The van der Waals surface area contributed by atoms with Crippen LogP contribution < -0.4 is 5.32 Å². The lowest BCUT2D eigenvalue weighted by atomic mass is 10.1. The number of anilines is 1. The van der Waals surface area contributed by atoms with Crippen LogP contribution in [0.25, 0.3) is 0 Å². The van der Waals surface area contributed by atoms with E-state index < -0.39 is 30.1 Å². The second-order valence-corrected chi connectivity index (χ2v) is 5.05. The van der Waals surface area contributed by atoms with Crippen molar-refractivity contribution in [2.75, 3.05) is 11.9 Å². The second kappa shape index (κ2) is 7.69. The minimum atomic E-state index is -0.621. The molecule has 2 aromatic rings. The normalized spacial score (nSPS) is 10.2. The van der Waals surface area contributed by atoms with Gasteiger partial charge in [-0.15, -0.1) is 0 Å². The fraction of sp³-hybridized carbons (Fsp3) is 0.125. The average Bonchev–Trinajstić information content (AvgIpc) is 2.51. The number of halogens is 3. The van der Waals surface area contributed by atoms with Crippen molar-refractivity contribution in [1.82, 2.24) is 0 Å². The molecule has 0 saturated carbocycles. The van der Waals surface area contributed by atoms with Gasteiger partial charge in [0.2, 0.25) is 0 Å². The lowest BCUT2D eigenvalue weighted by Crippen LogP contribution is -2.21. The maximum Gasteiger partial charge on any atom is 0.310 e. The molecule has 0 aliphatic carbocycles. The summed E-state index contributed by atoms with van der Waals surface area (Å²) >= 11 is 5.59. The van der Waals surface area contributed by atoms with Crippen LogP contribution in [-0.4, -0.2) is 18.5 Å². The van der Waals surface area contributed by atoms with Crippen molar-refractivity contribution >= 4 is 29.2 Å². The summed E-state index contributed by atoms with van der Waals surface area (Å²) in [5.74, 6) is -2.21. The highest BCUT2D eigenvalue weighted by Gasteiger charge is 2.10. The predicted molar refractivity (Wildman–Crippen MR) is 81.1 cm³/mol. The summed E-state index contributed by atoms with van der Waals surface area (Å²) < 4.78 is 30.5. The van der Waals surface area contributed by atoms with Crippen molar-refractivity contribution in [2.45, 2.75) is 6.42 Å². The van der Waals surface area contributed by atoms with Gasteiger partial charge in [-0.1, -0.05) is 23.7 Å². The molecule has 120 valence electrons. The van der Waals surface area contributed by atoms with Gasteiger partial charge in [0.05, 0.1) is 11.4 Å². The van der Waals surface area contributed by atoms with Crippen LogP contribution in [0.1, 0.15) is 5.56 Å². The molecule has 4 nitrogen and oxygen atoms in total. The standard InChI is InChI=1S/C16H12ClF2NO3/c17-13-8-12(5-6-14(13)19)20-15(21)9-23-16(22)7-10-1-3-11(18)4-2-10/h1-6,8H,7,9H2,(H,20,21). The maximum absolute atomic E-state index is 13.0. The molecule has 0 fully saturated rings. The molecule has 0 aromatic heterocycles. The van der Waals surface area contributed by atoms with Crippen molar-refractivity contribution in [1.29, 1.82) is 0 Å². The molecule has 7 heteroatoms. The van der Waals surface area contributed by atoms with Crippen LogP contribution in [-0.2, 0) is 20.7 Å². The zero-order valence-corrected chi connectivity index (χ0v) is 12.6. The molecule has 23 heavy (non-hydrogen) atoms. The summed E-state index contributed by atoms with van der Waals surface area (Å²) in [6.07, 6.45) is -0.0735. The van der Waals surface area contributed by atoms with Gasteiger partial charge in [-0.3, -0.25) is 9.59 Å². The van der Waals surface area contributed by atoms with E-state index in [-0.39, 0.29) is 17.1 Å². The molecule has 1 N–H and O–H groups in total. The molecular weight excluding hydrogens is 328 g/mol. The third-order valence-electron chi connectivity index (χ3n) is 2.83. The van der Waals surface area contributed by atoms with Gasteiger partial charge in [-0.25, -0.2) is 8.78 Å². The van der Waals surface area contributed by atoms with E-state index in [2.05, 4.69) is 5.32 Å². The number of hydrogen-bond acceptors (Lipinski definition) is 3.